The van der Waals surface area contributed by atoms with Crippen molar-refractivity contribution in [1.82, 2.24) is 0 Å². The molecule has 2 rings (SSSR count). The lowest BCUT2D eigenvalue weighted by Gasteiger charge is -2.24. The summed E-state index contributed by atoms with van der Waals surface area (Å²) in [6.07, 6.45) is 4.69. The number of amides is 1. The number of rotatable bonds is 6. The average Bonchev–Trinajstić information content (AvgIpc) is 2.36. The smallest absolute Gasteiger partial charge is 0.306 e. The normalized spacial score (nSPS) is 16.2. The molecular formula is C16H21NO3. The molecule has 4 nitrogen and oxygen atoms in total. The minimum Gasteiger partial charge on any atom is -0.481 e. The zero-order valence-corrected chi connectivity index (χ0v) is 11.8. The van der Waals surface area contributed by atoms with Gasteiger partial charge < -0.3 is 10.4 Å². The van der Waals surface area contributed by atoms with Gasteiger partial charge in [0, 0.05) is 12.1 Å². The number of carbonyl (C=O) groups excluding carboxylic acids is 1. The van der Waals surface area contributed by atoms with Crippen LogP contribution in [0.15, 0.2) is 24.3 Å². The van der Waals surface area contributed by atoms with Gasteiger partial charge in [-0.25, -0.2) is 0 Å². The molecule has 0 aliphatic heterocycles. The monoisotopic (exact) mass is 275 g/mol. The molecule has 1 aromatic rings. The molecule has 1 atom stereocenters. The lowest BCUT2D eigenvalue weighted by atomic mass is 9.83. The number of anilines is 1. The molecule has 1 aromatic carbocycles. The second kappa shape index (κ2) is 6.55. The van der Waals surface area contributed by atoms with E-state index in [0.29, 0.717) is 18.8 Å². The SMILES string of the molecule is CC(Cc1ccc(NC(=O)CC2CCC2)cc1)C(=O)O. The van der Waals surface area contributed by atoms with E-state index in [9.17, 15) is 9.59 Å². The number of carboxylic acids is 1. The highest BCUT2D eigenvalue weighted by atomic mass is 16.4. The zero-order valence-electron chi connectivity index (χ0n) is 11.8. The molecule has 1 fully saturated rings. The first-order valence-corrected chi connectivity index (χ1v) is 7.16. The lowest BCUT2D eigenvalue weighted by molar-refractivity contribution is -0.141. The van der Waals surface area contributed by atoms with Crippen LogP contribution in [-0.4, -0.2) is 17.0 Å². The zero-order chi connectivity index (χ0) is 14.5. The Bertz CT molecular complexity index is 477. The van der Waals surface area contributed by atoms with Crippen molar-refractivity contribution in [2.75, 3.05) is 5.32 Å². The molecule has 0 saturated heterocycles. The molecule has 20 heavy (non-hydrogen) atoms. The highest BCUT2D eigenvalue weighted by Crippen LogP contribution is 2.29. The second-order valence-corrected chi connectivity index (χ2v) is 5.69. The highest BCUT2D eigenvalue weighted by Gasteiger charge is 2.20. The largest absolute Gasteiger partial charge is 0.481 e. The van der Waals surface area contributed by atoms with Crippen molar-refractivity contribution in [2.24, 2.45) is 11.8 Å². The highest BCUT2D eigenvalue weighted by molar-refractivity contribution is 5.90. The third-order valence-corrected chi connectivity index (χ3v) is 3.90. The van der Waals surface area contributed by atoms with E-state index in [2.05, 4.69) is 5.32 Å². The van der Waals surface area contributed by atoms with E-state index in [1.807, 2.05) is 24.3 Å². The number of aliphatic carboxylic acids is 1. The fraction of sp³-hybridized carbons (Fsp3) is 0.500. The van der Waals surface area contributed by atoms with Gasteiger partial charge in [-0.05, 0) is 42.9 Å². The summed E-state index contributed by atoms with van der Waals surface area (Å²) in [6, 6.07) is 7.42. The predicted molar refractivity (Wildman–Crippen MR) is 77.5 cm³/mol. The summed E-state index contributed by atoms with van der Waals surface area (Å²) in [7, 11) is 0. The maximum absolute atomic E-state index is 11.8. The van der Waals surface area contributed by atoms with Crippen molar-refractivity contribution in [3.8, 4) is 0 Å². The van der Waals surface area contributed by atoms with Gasteiger partial charge >= 0.3 is 5.97 Å². The van der Waals surface area contributed by atoms with Gasteiger partial charge in [0.05, 0.1) is 5.92 Å². The molecule has 0 aromatic heterocycles. The maximum Gasteiger partial charge on any atom is 0.306 e. The third kappa shape index (κ3) is 4.08. The van der Waals surface area contributed by atoms with Gasteiger partial charge in [0.2, 0.25) is 5.91 Å². The number of hydrogen-bond donors (Lipinski definition) is 2. The van der Waals surface area contributed by atoms with Crippen LogP contribution in [0, 0.1) is 11.8 Å². The first-order chi connectivity index (χ1) is 9.54. The van der Waals surface area contributed by atoms with Crippen LogP contribution in [0.3, 0.4) is 0 Å². The van der Waals surface area contributed by atoms with E-state index in [1.54, 1.807) is 6.92 Å². The molecule has 0 heterocycles. The van der Waals surface area contributed by atoms with Crippen LogP contribution in [0.1, 0.15) is 38.2 Å². The van der Waals surface area contributed by atoms with Crippen molar-refractivity contribution in [3.05, 3.63) is 29.8 Å². The molecule has 1 aliphatic carbocycles. The number of benzene rings is 1. The Hall–Kier alpha value is -1.84. The first-order valence-electron chi connectivity index (χ1n) is 7.16. The Balaban J connectivity index is 1.84. The summed E-state index contributed by atoms with van der Waals surface area (Å²) in [6.45, 7) is 1.69. The minimum atomic E-state index is -0.789. The van der Waals surface area contributed by atoms with Crippen molar-refractivity contribution < 1.29 is 14.7 Å². The molecule has 0 spiro atoms. The van der Waals surface area contributed by atoms with Gasteiger partial charge in [0.25, 0.3) is 0 Å². The molecule has 4 heteroatoms. The van der Waals surface area contributed by atoms with Crippen LogP contribution in [-0.2, 0) is 16.0 Å². The molecule has 108 valence electrons. The van der Waals surface area contributed by atoms with Gasteiger partial charge in [0.1, 0.15) is 0 Å². The van der Waals surface area contributed by atoms with Crippen LogP contribution in [0.5, 0.6) is 0 Å². The Morgan fingerprint density at radius 2 is 1.95 bits per heavy atom. The molecule has 1 aliphatic rings. The van der Waals surface area contributed by atoms with Gasteiger partial charge in [-0.15, -0.1) is 0 Å². The second-order valence-electron chi connectivity index (χ2n) is 5.69. The third-order valence-electron chi connectivity index (χ3n) is 3.90. The molecule has 1 saturated carbocycles. The molecule has 1 amide bonds. The summed E-state index contributed by atoms with van der Waals surface area (Å²) in [5.41, 5.74) is 1.75. The topological polar surface area (TPSA) is 66.4 Å². The van der Waals surface area contributed by atoms with Gasteiger partial charge in [0.15, 0.2) is 0 Å². The number of carbonyl (C=O) groups is 2. The average molecular weight is 275 g/mol. The van der Waals surface area contributed by atoms with Crippen LogP contribution in [0.25, 0.3) is 0 Å². The van der Waals surface area contributed by atoms with E-state index >= 15 is 0 Å². The fourth-order valence-electron chi connectivity index (χ4n) is 2.34. The summed E-state index contributed by atoms with van der Waals surface area (Å²) < 4.78 is 0. The van der Waals surface area contributed by atoms with Gasteiger partial charge in [-0.1, -0.05) is 25.5 Å². The Morgan fingerprint density at radius 3 is 2.45 bits per heavy atom. The maximum atomic E-state index is 11.8. The minimum absolute atomic E-state index is 0.0707. The first kappa shape index (κ1) is 14.6. The van der Waals surface area contributed by atoms with E-state index < -0.39 is 11.9 Å². The quantitative estimate of drug-likeness (QED) is 0.838. The van der Waals surface area contributed by atoms with Gasteiger partial charge in [-0.3, -0.25) is 9.59 Å². The van der Waals surface area contributed by atoms with Crippen molar-refractivity contribution in [3.63, 3.8) is 0 Å². The van der Waals surface area contributed by atoms with E-state index in [-0.39, 0.29) is 5.91 Å². The van der Waals surface area contributed by atoms with E-state index in [1.165, 1.54) is 19.3 Å². The lowest BCUT2D eigenvalue weighted by Crippen LogP contribution is -2.20. The molecule has 0 bridgehead atoms. The Kier molecular flexibility index (Phi) is 4.77. The number of hydrogen-bond acceptors (Lipinski definition) is 2. The van der Waals surface area contributed by atoms with Crippen LogP contribution < -0.4 is 5.32 Å². The number of carboxylic acid groups (broad SMARTS) is 1. The summed E-state index contributed by atoms with van der Waals surface area (Å²) in [4.78, 5) is 22.6. The van der Waals surface area contributed by atoms with Crippen LogP contribution in [0.2, 0.25) is 0 Å². The molecular weight excluding hydrogens is 254 g/mol. The van der Waals surface area contributed by atoms with E-state index in [0.717, 1.165) is 11.3 Å². The molecule has 1 unspecified atom stereocenters. The Labute approximate surface area is 119 Å². The summed E-state index contributed by atoms with van der Waals surface area (Å²) in [5, 5.41) is 11.8. The van der Waals surface area contributed by atoms with Gasteiger partial charge in [-0.2, -0.15) is 0 Å². The van der Waals surface area contributed by atoms with Crippen molar-refractivity contribution in [2.45, 2.75) is 39.0 Å². The van der Waals surface area contributed by atoms with Crippen LogP contribution in [0.4, 0.5) is 5.69 Å². The molecule has 2 N–H and O–H groups in total. The van der Waals surface area contributed by atoms with Crippen molar-refractivity contribution >= 4 is 17.6 Å². The number of nitrogens with one attached hydrogen (secondary N) is 1. The van der Waals surface area contributed by atoms with Crippen molar-refractivity contribution in [1.29, 1.82) is 0 Å². The van der Waals surface area contributed by atoms with E-state index in [4.69, 9.17) is 5.11 Å². The standard InChI is InChI=1S/C16H21NO3/c1-11(16(19)20)9-13-5-7-14(8-6-13)17-15(18)10-12-3-2-4-12/h5-8,11-12H,2-4,9-10H2,1H3,(H,17,18)(H,19,20). The fourth-order valence-corrected chi connectivity index (χ4v) is 2.34. The summed E-state index contributed by atoms with van der Waals surface area (Å²) >= 11 is 0. The Morgan fingerprint density at radius 1 is 1.30 bits per heavy atom. The van der Waals surface area contributed by atoms with Crippen LogP contribution >= 0.6 is 0 Å². The predicted octanol–water partition coefficient (Wildman–Crippen LogP) is 3.08. The molecule has 0 radical (unpaired) electrons. The summed E-state index contributed by atoms with van der Waals surface area (Å²) in [5.74, 6) is -0.552.